The van der Waals surface area contributed by atoms with Crippen LogP contribution in [0.1, 0.15) is 6.92 Å². The number of methoxy groups -OCH3 is 1. The third-order valence-electron chi connectivity index (χ3n) is 0.968. The van der Waals surface area contributed by atoms with Crippen molar-refractivity contribution in [3.63, 3.8) is 0 Å². The fourth-order valence-corrected chi connectivity index (χ4v) is 1.10. The van der Waals surface area contributed by atoms with E-state index in [1.807, 2.05) is 0 Å². The molecule has 7 nitrogen and oxygen atoms in total. The van der Waals surface area contributed by atoms with Crippen LogP contribution in [0.5, 0.6) is 0 Å². The van der Waals surface area contributed by atoms with Crippen LogP contribution in [0.2, 0.25) is 0 Å². The summed E-state index contributed by atoms with van der Waals surface area (Å²) in [5.74, 6) is 0. The van der Waals surface area contributed by atoms with Gasteiger partial charge in [-0.3, -0.25) is 0 Å². The lowest BCUT2D eigenvalue weighted by Gasteiger charge is -1.94. The van der Waals surface area contributed by atoms with E-state index in [0.717, 1.165) is 0 Å². The van der Waals surface area contributed by atoms with Crippen molar-refractivity contribution >= 4 is 16.6 Å². The van der Waals surface area contributed by atoms with Crippen LogP contribution in [0, 0.1) is 0 Å². The molecule has 0 radical (unpaired) electrons. The highest BCUT2D eigenvalue weighted by Crippen LogP contribution is 2.02. The first-order valence-electron chi connectivity index (χ1n) is 3.76. The van der Waals surface area contributed by atoms with Crippen molar-refractivity contribution in [3.05, 3.63) is 0 Å². The van der Waals surface area contributed by atoms with Gasteiger partial charge in [0.15, 0.2) is 0 Å². The molecule has 0 aromatic carbocycles. The molecule has 0 spiro atoms. The highest BCUT2D eigenvalue weighted by Gasteiger charge is 2.17. The third-order valence-corrected chi connectivity index (χ3v) is 1.88. The fraction of sp³-hybridized carbons (Fsp3) is 0.833. The van der Waals surface area contributed by atoms with Gasteiger partial charge < -0.3 is 9.47 Å². The summed E-state index contributed by atoms with van der Waals surface area (Å²) in [7, 11) is -2.27. The molecular weight excluding hydrogens is 216 g/mol. The minimum absolute atomic E-state index is 0.155. The lowest BCUT2D eigenvalue weighted by Crippen LogP contribution is -2.02. The van der Waals surface area contributed by atoms with Crippen molar-refractivity contribution in [1.82, 2.24) is 0 Å². The molecular formula is C6H12O7S. The molecule has 14 heavy (non-hydrogen) atoms. The van der Waals surface area contributed by atoms with E-state index in [-0.39, 0.29) is 13.2 Å². The third kappa shape index (κ3) is 6.63. The SMILES string of the molecule is CCOC(=O)OC.O=S1(=O)OCCO1. The van der Waals surface area contributed by atoms with Crippen LogP contribution < -0.4 is 0 Å². The molecule has 0 saturated carbocycles. The van der Waals surface area contributed by atoms with Crippen molar-refractivity contribution in [2.45, 2.75) is 6.92 Å². The number of rotatable bonds is 1. The van der Waals surface area contributed by atoms with Crippen LogP contribution in [0.15, 0.2) is 0 Å². The molecule has 1 heterocycles. The zero-order valence-corrected chi connectivity index (χ0v) is 8.70. The van der Waals surface area contributed by atoms with E-state index in [0.29, 0.717) is 6.61 Å². The largest absolute Gasteiger partial charge is 0.507 e. The zero-order chi connectivity index (χ0) is 11.0. The maximum atomic E-state index is 9.99. The predicted molar refractivity (Wildman–Crippen MR) is 44.9 cm³/mol. The van der Waals surface area contributed by atoms with E-state index in [9.17, 15) is 13.2 Å². The molecule has 1 rings (SSSR count). The molecule has 1 aliphatic heterocycles. The number of hydrogen-bond donors (Lipinski definition) is 0. The second-order valence-electron chi connectivity index (χ2n) is 1.94. The minimum atomic E-state index is -3.55. The van der Waals surface area contributed by atoms with E-state index in [1.54, 1.807) is 6.92 Å². The summed E-state index contributed by atoms with van der Waals surface area (Å²) in [6, 6.07) is 0. The Bertz CT molecular complexity index is 245. The Hall–Kier alpha value is -0.860. The first-order valence-corrected chi connectivity index (χ1v) is 5.09. The molecule has 0 unspecified atom stereocenters. The van der Waals surface area contributed by atoms with Crippen LogP contribution in [-0.2, 0) is 28.2 Å². The van der Waals surface area contributed by atoms with Crippen molar-refractivity contribution in [1.29, 1.82) is 0 Å². The van der Waals surface area contributed by atoms with Crippen LogP contribution in [0.25, 0.3) is 0 Å². The van der Waals surface area contributed by atoms with Crippen LogP contribution in [0.3, 0.4) is 0 Å². The van der Waals surface area contributed by atoms with Crippen molar-refractivity contribution in [2.24, 2.45) is 0 Å². The molecule has 0 bridgehead atoms. The van der Waals surface area contributed by atoms with E-state index >= 15 is 0 Å². The number of ether oxygens (including phenoxy) is 2. The predicted octanol–water partition coefficient (Wildman–Crippen LogP) is 0.0673. The summed E-state index contributed by atoms with van der Waals surface area (Å²) in [4.78, 5) is 9.97. The standard InChI is InChI=1S/C4H8O3.C2H4O4S/c1-3-7-4(5)6-2;3-7(4)5-1-2-6-7/h3H2,1-2H3;1-2H2. The monoisotopic (exact) mass is 228 g/mol. The van der Waals surface area contributed by atoms with E-state index in [2.05, 4.69) is 17.8 Å². The van der Waals surface area contributed by atoms with Crippen molar-refractivity contribution < 1.29 is 31.1 Å². The fourth-order valence-electron chi connectivity index (χ4n) is 0.483. The molecule has 8 heteroatoms. The first kappa shape index (κ1) is 13.1. The number of hydrogen-bond acceptors (Lipinski definition) is 7. The second kappa shape index (κ2) is 6.57. The maximum Gasteiger partial charge on any atom is 0.507 e. The molecule has 0 aromatic heterocycles. The van der Waals surface area contributed by atoms with E-state index in [4.69, 9.17) is 0 Å². The summed E-state index contributed by atoms with van der Waals surface area (Å²) in [5, 5.41) is 0. The van der Waals surface area contributed by atoms with Gasteiger partial charge in [0.25, 0.3) is 0 Å². The first-order chi connectivity index (χ1) is 6.52. The molecule has 0 amide bonds. The highest BCUT2D eigenvalue weighted by molar-refractivity contribution is 7.82. The van der Waals surface area contributed by atoms with Gasteiger partial charge >= 0.3 is 16.6 Å². The summed E-state index contributed by atoms with van der Waals surface area (Å²) in [5.41, 5.74) is 0. The van der Waals surface area contributed by atoms with Gasteiger partial charge in [-0.1, -0.05) is 0 Å². The van der Waals surface area contributed by atoms with Gasteiger partial charge in [-0.2, -0.15) is 8.42 Å². The van der Waals surface area contributed by atoms with Gasteiger partial charge in [0.05, 0.1) is 26.9 Å². The Morgan fingerprint density at radius 1 is 1.36 bits per heavy atom. The topological polar surface area (TPSA) is 88.1 Å². The molecule has 0 aliphatic carbocycles. The Kier molecular flexibility index (Phi) is 6.17. The van der Waals surface area contributed by atoms with Crippen LogP contribution in [-0.4, -0.2) is 41.5 Å². The van der Waals surface area contributed by atoms with Crippen molar-refractivity contribution in [2.75, 3.05) is 26.9 Å². The minimum Gasteiger partial charge on any atom is -0.438 e. The Morgan fingerprint density at radius 3 is 2.00 bits per heavy atom. The molecule has 0 aromatic rings. The molecule has 84 valence electrons. The van der Waals surface area contributed by atoms with Gasteiger partial charge in [-0.25, -0.2) is 13.2 Å². The average Bonchev–Trinajstić information content (AvgIpc) is 2.51. The lowest BCUT2D eigenvalue weighted by atomic mass is 10.8. The smallest absolute Gasteiger partial charge is 0.438 e. The molecule has 0 N–H and O–H groups in total. The van der Waals surface area contributed by atoms with Crippen molar-refractivity contribution in [3.8, 4) is 0 Å². The average molecular weight is 228 g/mol. The van der Waals surface area contributed by atoms with Crippen LogP contribution >= 0.6 is 0 Å². The summed E-state index contributed by atoms with van der Waals surface area (Å²) in [6.45, 7) is 2.40. The Balaban J connectivity index is 0.000000241. The second-order valence-corrected chi connectivity index (χ2v) is 3.23. The number of carbonyl (C=O) groups excluding carboxylic acids is 1. The maximum absolute atomic E-state index is 9.99. The lowest BCUT2D eigenvalue weighted by molar-refractivity contribution is 0.0771. The summed E-state index contributed by atoms with van der Waals surface area (Å²) < 4.78 is 36.6. The molecule has 0 atom stereocenters. The number of carbonyl (C=O) groups is 1. The van der Waals surface area contributed by atoms with Gasteiger partial charge in [-0.05, 0) is 6.92 Å². The summed E-state index contributed by atoms with van der Waals surface area (Å²) in [6.07, 6.45) is -0.623. The molecule has 1 saturated heterocycles. The molecule has 1 aliphatic rings. The van der Waals surface area contributed by atoms with Crippen LogP contribution in [0.4, 0.5) is 4.79 Å². The zero-order valence-electron chi connectivity index (χ0n) is 7.89. The summed E-state index contributed by atoms with van der Waals surface area (Å²) >= 11 is 0. The van der Waals surface area contributed by atoms with E-state index < -0.39 is 16.6 Å². The normalized spacial score (nSPS) is 17.9. The quantitative estimate of drug-likeness (QED) is 0.586. The Labute approximate surface area is 82.2 Å². The molecule has 1 fully saturated rings. The van der Waals surface area contributed by atoms with E-state index in [1.165, 1.54) is 7.11 Å². The van der Waals surface area contributed by atoms with Gasteiger partial charge in [-0.15, -0.1) is 0 Å². The van der Waals surface area contributed by atoms with Gasteiger partial charge in [0.1, 0.15) is 0 Å². The van der Waals surface area contributed by atoms with Gasteiger partial charge in [0, 0.05) is 0 Å². The Morgan fingerprint density at radius 2 is 1.86 bits per heavy atom. The van der Waals surface area contributed by atoms with Gasteiger partial charge in [0.2, 0.25) is 0 Å². The highest BCUT2D eigenvalue weighted by atomic mass is 32.3.